The highest BCUT2D eigenvalue weighted by atomic mass is 19.1. The summed E-state index contributed by atoms with van der Waals surface area (Å²) in [7, 11) is 1.70. The SMILES string of the molecule is Cn1c(-c2ccc3c(c2)CNC3=O)nnc1C(C)(C)Oc1c(F)cc(F)cc1F. The van der Waals surface area contributed by atoms with Crippen molar-refractivity contribution in [2.75, 3.05) is 0 Å². The third-order valence-corrected chi connectivity index (χ3v) is 4.78. The fraction of sp³-hybridized carbons (Fsp3) is 0.250. The molecular formula is C20H17F3N4O2. The first-order chi connectivity index (χ1) is 13.7. The lowest BCUT2D eigenvalue weighted by atomic mass is 10.1. The molecular weight excluding hydrogens is 385 g/mol. The van der Waals surface area contributed by atoms with E-state index < -0.39 is 28.8 Å². The van der Waals surface area contributed by atoms with E-state index in [9.17, 15) is 18.0 Å². The molecule has 0 radical (unpaired) electrons. The third kappa shape index (κ3) is 3.22. The molecule has 4 rings (SSSR count). The van der Waals surface area contributed by atoms with Crippen LogP contribution >= 0.6 is 0 Å². The van der Waals surface area contributed by atoms with Gasteiger partial charge in [0.2, 0.25) is 0 Å². The maximum Gasteiger partial charge on any atom is 0.251 e. The van der Waals surface area contributed by atoms with Crippen LogP contribution in [0.4, 0.5) is 13.2 Å². The van der Waals surface area contributed by atoms with E-state index in [1.165, 1.54) is 0 Å². The molecule has 1 amide bonds. The van der Waals surface area contributed by atoms with E-state index >= 15 is 0 Å². The van der Waals surface area contributed by atoms with E-state index in [0.717, 1.165) is 11.1 Å². The minimum absolute atomic E-state index is 0.122. The number of fused-ring (bicyclic) bond motifs is 1. The highest BCUT2D eigenvalue weighted by molar-refractivity contribution is 5.98. The maximum absolute atomic E-state index is 14.0. The Morgan fingerprint density at radius 3 is 2.48 bits per heavy atom. The smallest absolute Gasteiger partial charge is 0.251 e. The van der Waals surface area contributed by atoms with Crippen molar-refractivity contribution in [1.82, 2.24) is 20.1 Å². The molecule has 1 aromatic heterocycles. The zero-order valence-corrected chi connectivity index (χ0v) is 15.9. The zero-order valence-electron chi connectivity index (χ0n) is 15.9. The molecule has 0 saturated heterocycles. The van der Waals surface area contributed by atoms with Gasteiger partial charge >= 0.3 is 0 Å². The summed E-state index contributed by atoms with van der Waals surface area (Å²) in [6.07, 6.45) is 0. The van der Waals surface area contributed by atoms with Crippen LogP contribution in [0.25, 0.3) is 11.4 Å². The van der Waals surface area contributed by atoms with E-state index in [2.05, 4.69) is 15.5 Å². The van der Waals surface area contributed by atoms with Crippen LogP contribution in [-0.2, 0) is 19.2 Å². The minimum Gasteiger partial charge on any atom is -0.474 e. The second-order valence-electron chi connectivity index (χ2n) is 7.27. The van der Waals surface area contributed by atoms with Crippen molar-refractivity contribution in [3.63, 3.8) is 0 Å². The number of amides is 1. The number of benzene rings is 2. The summed E-state index contributed by atoms with van der Waals surface area (Å²) in [4.78, 5) is 11.7. The largest absolute Gasteiger partial charge is 0.474 e. The molecule has 3 aromatic rings. The second kappa shape index (κ2) is 6.61. The van der Waals surface area contributed by atoms with E-state index in [4.69, 9.17) is 4.74 Å². The quantitative estimate of drug-likeness (QED) is 0.726. The molecule has 150 valence electrons. The Kier molecular flexibility index (Phi) is 4.33. The number of nitrogens with zero attached hydrogens (tertiary/aromatic N) is 3. The van der Waals surface area contributed by atoms with Crippen molar-refractivity contribution in [1.29, 1.82) is 0 Å². The van der Waals surface area contributed by atoms with Crippen molar-refractivity contribution in [3.05, 3.63) is 64.7 Å². The van der Waals surface area contributed by atoms with Crippen molar-refractivity contribution in [2.24, 2.45) is 7.05 Å². The van der Waals surface area contributed by atoms with Gasteiger partial charge in [-0.05, 0) is 31.5 Å². The summed E-state index contributed by atoms with van der Waals surface area (Å²) in [5.74, 6) is -3.33. The Morgan fingerprint density at radius 1 is 1.10 bits per heavy atom. The fourth-order valence-electron chi connectivity index (χ4n) is 3.40. The minimum atomic E-state index is -1.27. The van der Waals surface area contributed by atoms with Crippen molar-refractivity contribution < 1.29 is 22.7 Å². The Morgan fingerprint density at radius 2 is 1.79 bits per heavy atom. The predicted molar refractivity (Wildman–Crippen MR) is 97.6 cm³/mol. The Hall–Kier alpha value is -3.36. The molecule has 29 heavy (non-hydrogen) atoms. The third-order valence-electron chi connectivity index (χ3n) is 4.78. The van der Waals surface area contributed by atoms with Gasteiger partial charge in [-0.2, -0.15) is 0 Å². The van der Waals surface area contributed by atoms with Crippen molar-refractivity contribution in [2.45, 2.75) is 26.0 Å². The molecule has 1 aliphatic rings. The van der Waals surface area contributed by atoms with Crippen LogP contribution in [0, 0.1) is 17.5 Å². The van der Waals surface area contributed by atoms with Gasteiger partial charge < -0.3 is 14.6 Å². The van der Waals surface area contributed by atoms with Crippen LogP contribution in [0.3, 0.4) is 0 Å². The number of ether oxygens (including phenoxy) is 1. The van der Waals surface area contributed by atoms with E-state index in [1.54, 1.807) is 37.6 Å². The monoisotopic (exact) mass is 402 g/mol. The molecule has 1 aliphatic heterocycles. The lowest BCUT2D eigenvalue weighted by Gasteiger charge is -2.26. The molecule has 2 heterocycles. The van der Waals surface area contributed by atoms with Crippen molar-refractivity contribution in [3.8, 4) is 17.1 Å². The van der Waals surface area contributed by atoms with Crippen LogP contribution in [-0.4, -0.2) is 20.7 Å². The molecule has 0 saturated carbocycles. The van der Waals surface area contributed by atoms with Gasteiger partial charge in [-0.1, -0.05) is 6.07 Å². The summed E-state index contributed by atoms with van der Waals surface area (Å²) < 4.78 is 48.3. The lowest BCUT2D eigenvalue weighted by Crippen LogP contribution is -2.30. The topological polar surface area (TPSA) is 69.0 Å². The van der Waals surface area contributed by atoms with Gasteiger partial charge in [0, 0.05) is 36.9 Å². The summed E-state index contributed by atoms with van der Waals surface area (Å²) in [6, 6.07) is 6.41. The predicted octanol–water partition coefficient (Wildman–Crippen LogP) is 3.46. The van der Waals surface area contributed by atoms with Gasteiger partial charge in [-0.15, -0.1) is 10.2 Å². The summed E-state index contributed by atoms with van der Waals surface area (Å²) in [5.41, 5.74) is 0.926. The van der Waals surface area contributed by atoms with E-state index in [1.807, 2.05) is 6.07 Å². The van der Waals surface area contributed by atoms with Gasteiger partial charge in [0.25, 0.3) is 5.91 Å². The van der Waals surface area contributed by atoms with Gasteiger partial charge in [-0.25, -0.2) is 13.2 Å². The highest BCUT2D eigenvalue weighted by Gasteiger charge is 2.32. The zero-order chi connectivity index (χ0) is 20.9. The molecule has 6 nitrogen and oxygen atoms in total. The molecule has 0 fully saturated rings. The molecule has 1 N–H and O–H groups in total. The average molecular weight is 402 g/mol. The number of carbonyl (C=O) groups excluding carboxylic acids is 1. The number of aromatic nitrogens is 3. The van der Waals surface area contributed by atoms with Gasteiger partial charge in [0.1, 0.15) is 5.82 Å². The first kappa shape index (κ1) is 19.0. The molecule has 2 aromatic carbocycles. The number of carbonyl (C=O) groups is 1. The second-order valence-corrected chi connectivity index (χ2v) is 7.27. The van der Waals surface area contributed by atoms with Crippen molar-refractivity contribution >= 4 is 5.91 Å². The Labute approximate surface area is 164 Å². The van der Waals surface area contributed by atoms with Gasteiger partial charge in [0.15, 0.2) is 34.6 Å². The standard InChI is InChI=1S/C20H17F3N4O2/c1-20(2,29-16-14(22)7-12(21)8-15(16)23)19-26-25-17(27(19)3)10-4-5-13-11(6-10)9-24-18(13)28/h4-8H,9H2,1-3H3,(H,24,28). The lowest BCUT2D eigenvalue weighted by molar-refractivity contribution is 0.0833. The Bertz CT molecular complexity index is 1120. The molecule has 0 unspecified atom stereocenters. The number of halogens is 3. The van der Waals surface area contributed by atoms with Crippen LogP contribution in [0.5, 0.6) is 5.75 Å². The first-order valence-corrected chi connectivity index (χ1v) is 8.82. The number of hydrogen-bond acceptors (Lipinski definition) is 4. The molecule has 0 spiro atoms. The maximum atomic E-state index is 14.0. The van der Waals surface area contributed by atoms with E-state index in [-0.39, 0.29) is 5.91 Å². The summed E-state index contributed by atoms with van der Waals surface area (Å²) in [5, 5.41) is 11.1. The number of nitrogens with one attached hydrogen (secondary N) is 1. The molecule has 9 heteroatoms. The van der Waals surface area contributed by atoms with Crippen LogP contribution in [0.15, 0.2) is 30.3 Å². The number of rotatable bonds is 4. The number of hydrogen-bond donors (Lipinski definition) is 1. The molecule has 0 atom stereocenters. The van der Waals surface area contributed by atoms with E-state index in [0.29, 0.717) is 35.9 Å². The fourth-order valence-corrected chi connectivity index (χ4v) is 3.40. The summed E-state index contributed by atoms with van der Waals surface area (Å²) >= 11 is 0. The van der Waals surface area contributed by atoms with Gasteiger partial charge in [0.05, 0.1) is 0 Å². The van der Waals surface area contributed by atoms with Gasteiger partial charge in [-0.3, -0.25) is 4.79 Å². The normalized spacial score (nSPS) is 13.4. The van der Waals surface area contributed by atoms with Crippen LogP contribution in [0.2, 0.25) is 0 Å². The summed E-state index contributed by atoms with van der Waals surface area (Å²) in [6.45, 7) is 3.59. The molecule has 0 bridgehead atoms. The van der Waals surface area contributed by atoms with Crippen LogP contribution in [0.1, 0.15) is 35.6 Å². The highest BCUT2D eigenvalue weighted by Crippen LogP contribution is 2.33. The Balaban J connectivity index is 1.69. The first-order valence-electron chi connectivity index (χ1n) is 8.82. The molecule has 0 aliphatic carbocycles. The van der Waals surface area contributed by atoms with Crippen LogP contribution < -0.4 is 10.1 Å². The average Bonchev–Trinajstić information content (AvgIpc) is 3.21.